The van der Waals surface area contributed by atoms with Crippen molar-refractivity contribution in [2.45, 2.75) is 12.6 Å². The van der Waals surface area contributed by atoms with Crippen molar-refractivity contribution in [1.82, 2.24) is 14.3 Å². The van der Waals surface area contributed by atoms with Gasteiger partial charge in [0.1, 0.15) is 11.4 Å². The van der Waals surface area contributed by atoms with E-state index in [0.717, 1.165) is 16.1 Å². The van der Waals surface area contributed by atoms with E-state index in [1.54, 1.807) is 18.2 Å². The molecule has 1 amide bonds. The highest BCUT2D eigenvalue weighted by molar-refractivity contribution is 7.88. The molecule has 0 bridgehead atoms. The van der Waals surface area contributed by atoms with Crippen LogP contribution in [-0.2, 0) is 27.4 Å². The third-order valence-corrected chi connectivity index (χ3v) is 5.69. The first-order valence-electron chi connectivity index (χ1n) is 8.73. The van der Waals surface area contributed by atoms with Crippen molar-refractivity contribution >= 4 is 39.1 Å². The van der Waals surface area contributed by atoms with Crippen LogP contribution in [0.5, 0.6) is 0 Å². The quantitative estimate of drug-likeness (QED) is 0.598. The number of carbonyl (C=O) groups excluding carboxylic acids is 1. The molecule has 1 aromatic heterocycles. The predicted molar refractivity (Wildman–Crippen MR) is 105 cm³/mol. The van der Waals surface area contributed by atoms with Crippen molar-refractivity contribution in [2.75, 3.05) is 42.3 Å². The normalized spacial score (nSPS) is 13.9. The Labute approximate surface area is 170 Å². The molecule has 0 radical (unpaired) electrons. The number of halogens is 3. The fraction of sp³-hybridized carbons (Fsp3) is 0.353. The maximum atomic E-state index is 13.3. The Morgan fingerprint density at radius 2 is 2.03 bits per heavy atom. The summed E-state index contributed by atoms with van der Waals surface area (Å²) in [5.41, 5.74) is 0.838. The molecule has 1 aliphatic heterocycles. The van der Waals surface area contributed by atoms with Crippen LogP contribution in [0, 0.1) is 0 Å². The Bertz CT molecular complexity index is 1070. The van der Waals surface area contributed by atoms with Gasteiger partial charge in [-0.15, -0.1) is 0 Å². The molecule has 162 valence electrons. The van der Waals surface area contributed by atoms with Crippen LogP contribution in [0.25, 0.3) is 0 Å². The van der Waals surface area contributed by atoms with Gasteiger partial charge >= 0.3 is 6.18 Å². The molecule has 0 fully saturated rings. The van der Waals surface area contributed by atoms with Crippen LogP contribution in [0.4, 0.5) is 36.3 Å². The lowest BCUT2D eigenvalue weighted by atomic mass is 10.1. The van der Waals surface area contributed by atoms with E-state index in [0.29, 0.717) is 17.6 Å². The van der Waals surface area contributed by atoms with Crippen molar-refractivity contribution in [2.24, 2.45) is 0 Å². The number of likely N-dealkylation sites (N-methyl/N-ethyl adjacent to an activating group) is 1. The van der Waals surface area contributed by atoms with Gasteiger partial charge in [-0.05, 0) is 17.7 Å². The summed E-state index contributed by atoms with van der Waals surface area (Å²) in [4.78, 5) is 19.1. The Morgan fingerprint density at radius 3 is 2.70 bits per heavy atom. The number of benzene rings is 1. The summed E-state index contributed by atoms with van der Waals surface area (Å²) in [5, 5.41) is 8.01. The molecule has 0 saturated heterocycles. The second-order valence-corrected chi connectivity index (χ2v) is 8.78. The molecular formula is C17H19F3N6O3S. The van der Waals surface area contributed by atoms with E-state index in [4.69, 9.17) is 0 Å². The Hall–Kier alpha value is -2.93. The number of amides is 1. The Kier molecular flexibility index (Phi) is 5.85. The minimum Gasteiger partial charge on any atom is -0.368 e. The van der Waals surface area contributed by atoms with E-state index in [2.05, 4.69) is 25.9 Å². The number of rotatable bonds is 7. The maximum absolute atomic E-state index is 13.3. The molecule has 1 aromatic carbocycles. The van der Waals surface area contributed by atoms with Gasteiger partial charge < -0.3 is 16.0 Å². The number of aromatic nitrogens is 2. The number of sulfonamides is 1. The number of hydrogen-bond acceptors (Lipinski definition) is 7. The van der Waals surface area contributed by atoms with Gasteiger partial charge in [0.15, 0.2) is 0 Å². The maximum Gasteiger partial charge on any atom is 0.421 e. The van der Waals surface area contributed by atoms with E-state index in [1.807, 2.05) is 0 Å². The van der Waals surface area contributed by atoms with Crippen LogP contribution < -0.4 is 16.0 Å². The molecule has 0 aliphatic carbocycles. The first-order chi connectivity index (χ1) is 13.9. The number of fused-ring (bicyclic) bond motifs is 1. The second-order valence-electron chi connectivity index (χ2n) is 6.69. The highest BCUT2D eigenvalue weighted by atomic mass is 32.2. The summed E-state index contributed by atoms with van der Waals surface area (Å²) < 4.78 is 63.7. The molecule has 0 spiro atoms. The summed E-state index contributed by atoms with van der Waals surface area (Å²) in [7, 11) is -2.14. The average molecular weight is 444 g/mol. The lowest BCUT2D eigenvalue weighted by Crippen LogP contribution is -2.31. The van der Waals surface area contributed by atoms with Crippen LogP contribution in [-0.4, -0.2) is 55.0 Å². The van der Waals surface area contributed by atoms with Gasteiger partial charge in [-0.25, -0.2) is 17.7 Å². The van der Waals surface area contributed by atoms with Crippen molar-refractivity contribution in [1.29, 1.82) is 0 Å². The first kappa shape index (κ1) is 21.8. The highest BCUT2D eigenvalue weighted by Crippen LogP contribution is 2.34. The fourth-order valence-corrected chi connectivity index (χ4v) is 3.13. The number of nitrogens with one attached hydrogen (secondary N) is 3. The van der Waals surface area contributed by atoms with Crippen molar-refractivity contribution < 1.29 is 26.4 Å². The van der Waals surface area contributed by atoms with Gasteiger partial charge in [-0.3, -0.25) is 4.79 Å². The summed E-state index contributed by atoms with van der Waals surface area (Å²) >= 11 is 0. The van der Waals surface area contributed by atoms with E-state index < -0.39 is 27.6 Å². The molecule has 30 heavy (non-hydrogen) atoms. The molecule has 2 heterocycles. The van der Waals surface area contributed by atoms with Crippen LogP contribution in [0.1, 0.15) is 11.1 Å². The lowest BCUT2D eigenvalue weighted by molar-refractivity contribution is -0.137. The molecule has 13 heteroatoms. The van der Waals surface area contributed by atoms with Crippen molar-refractivity contribution in [3.05, 3.63) is 35.5 Å². The monoisotopic (exact) mass is 444 g/mol. The zero-order chi connectivity index (χ0) is 22.1. The predicted octanol–water partition coefficient (Wildman–Crippen LogP) is 2.04. The highest BCUT2D eigenvalue weighted by Gasteiger charge is 2.35. The Balaban J connectivity index is 1.79. The Morgan fingerprint density at radius 1 is 1.30 bits per heavy atom. The number of nitrogens with zero attached hydrogens (tertiary/aromatic N) is 3. The average Bonchev–Trinajstić information content (AvgIpc) is 2.99. The molecule has 1 aliphatic rings. The molecule has 0 saturated carbocycles. The van der Waals surface area contributed by atoms with Gasteiger partial charge in [0.2, 0.25) is 21.9 Å². The molecule has 0 atom stereocenters. The van der Waals surface area contributed by atoms with Gasteiger partial charge in [-0.1, -0.05) is 6.07 Å². The van der Waals surface area contributed by atoms with Crippen LogP contribution >= 0.6 is 0 Å². The third kappa shape index (κ3) is 5.16. The third-order valence-electron chi connectivity index (χ3n) is 4.37. The summed E-state index contributed by atoms with van der Waals surface area (Å²) in [6.45, 7) is -0.138. The van der Waals surface area contributed by atoms with Gasteiger partial charge in [-0.2, -0.15) is 18.2 Å². The minimum atomic E-state index is -4.69. The smallest absolute Gasteiger partial charge is 0.368 e. The molecular weight excluding hydrogens is 425 g/mol. The number of alkyl halides is 3. The van der Waals surface area contributed by atoms with Gasteiger partial charge in [0.25, 0.3) is 0 Å². The largest absolute Gasteiger partial charge is 0.421 e. The standard InChI is InChI=1S/C17H19F3N6O3S/c1-26(30(2,28)29)6-5-21-15-12(17(18,19)20)9-22-16(25-15)23-11-4-3-10-7-14(27)24-13(10)8-11/h3-4,8-9H,5-7H2,1-2H3,(H,24,27)(H2,21,22,23,25). The summed E-state index contributed by atoms with van der Waals surface area (Å²) in [6.07, 6.45) is -2.78. The van der Waals surface area contributed by atoms with Crippen LogP contribution in [0.2, 0.25) is 0 Å². The minimum absolute atomic E-state index is 0.0482. The lowest BCUT2D eigenvalue weighted by Gasteiger charge is -2.17. The number of hydrogen-bond donors (Lipinski definition) is 3. The van der Waals surface area contributed by atoms with Crippen molar-refractivity contribution in [3.63, 3.8) is 0 Å². The fourth-order valence-electron chi connectivity index (χ4n) is 2.70. The zero-order valence-electron chi connectivity index (χ0n) is 16.0. The SMILES string of the molecule is CN(CCNc1nc(Nc2ccc3c(c2)NC(=O)C3)ncc1C(F)(F)F)S(C)(=O)=O. The summed E-state index contributed by atoms with van der Waals surface area (Å²) in [5.74, 6) is -0.707. The summed E-state index contributed by atoms with van der Waals surface area (Å²) in [6, 6.07) is 5.02. The van der Waals surface area contributed by atoms with E-state index in [9.17, 15) is 26.4 Å². The van der Waals surface area contributed by atoms with E-state index >= 15 is 0 Å². The number of carbonyl (C=O) groups is 1. The molecule has 3 N–H and O–H groups in total. The molecule has 0 unspecified atom stereocenters. The van der Waals surface area contributed by atoms with Gasteiger partial charge in [0.05, 0.1) is 12.7 Å². The first-order valence-corrected chi connectivity index (χ1v) is 10.6. The van der Waals surface area contributed by atoms with Crippen LogP contribution in [0.15, 0.2) is 24.4 Å². The molecule has 9 nitrogen and oxygen atoms in total. The van der Waals surface area contributed by atoms with E-state index in [1.165, 1.54) is 7.05 Å². The van der Waals surface area contributed by atoms with Crippen LogP contribution in [0.3, 0.4) is 0 Å². The topological polar surface area (TPSA) is 116 Å². The molecule has 3 rings (SSSR count). The van der Waals surface area contributed by atoms with E-state index in [-0.39, 0.29) is 31.4 Å². The zero-order valence-corrected chi connectivity index (χ0v) is 16.9. The van der Waals surface area contributed by atoms with Gasteiger partial charge in [0, 0.05) is 37.7 Å². The second kappa shape index (κ2) is 8.07. The molecule has 2 aromatic rings. The van der Waals surface area contributed by atoms with Crippen molar-refractivity contribution in [3.8, 4) is 0 Å². The number of anilines is 4.